The van der Waals surface area contributed by atoms with Gasteiger partial charge in [0, 0.05) is 6.42 Å². The predicted octanol–water partition coefficient (Wildman–Crippen LogP) is 4.17. The van der Waals surface area contributed by atoms with Crippen LogP contribution in [0, 0.1) is 5.41 Å². The molecule has 30 heavy (non-hydrogen) atoms. The van der Waals surface area contributed by atoms with Crippen LogP contribution in [0.5, 0.6) is 0 Å². The maximum absolute atomic E-state index is 11.5. The molecule has 1 aromatic carbocycles. The third-order valence-electron chi connectivity index (χ3n) is 4.77. The second-order valence-corrected chi connectivity index (χ2v) is 6.53. The summed E-state index contributed by atoms with van der Waals surface area (Å²) < 4.78 is 9.70. The van der Waals surface area contributed by atoms with Crippen molar-refractivity contribution in [2.45, 2.75) is 59.8 Å². The van der Waals surface area contributed by atoms with Crippen LogP contribution in [-0.2, 0) is 19.1 Å². The molecule has 1 aromatic rings. The molecule has 0 spiro atoms. The zero-order chi connectivity index (χ0) is 23.2. The molecule has 0 saturated carbocycles. The fourth-order valence-electron chi connectivity index (χ4n) is 2.85. The van der Waals surface area contributed by atoms with Gasteiger partial charge in [0.15, 0.2) is 0 Å². The number of carboxylic acids is 2. The van der Waals surface area contributed by atoms with Gasteiger partial charge in [-0.05, 0) is 51.7 Å². The van der Waals surface area contributed by atoms with Crippen LogP contribution < -0.4 is 0 Å². The van der Waals surface area contributed by atoms with E-state index in [4.69, 9.17) is 19.7 Å². The van der Waals surface area contributed by atoms with Crippen molar-refractivity contribution < 1.29 is 38.9 Å². The summed E-state index contributed by atoms with van der Waals surface area (Å²) in [5, 5.41) is 17.5. The Balaban J connectivity index is 0.000000567. The molecule has 0 aliphatic rings. The van der Waals surface area contributed by atoms with Crippen LogP contribution in [0.4, 0.5) is 0 Å². The Bertz CT molecular complexity index is 670. The van der Waals surface area contributed by atoms with Crippen molar-refractivity contribution in [1.29, 1.82) is 0 Å². The smallest absolute Gasteiger partial charge is 0.338 e. The summed E-state index contributed by atoms with van der Waals surface area (Å²) in [6, 6.07) is 6.44. The predicted molar refractivity (Wildman–Crippen MR) is 110 cm³/mol. The van der Waals surface area contributed by atoms with E-state index in [1.165, 1.54) is 0 Å². The fraction of sp³-hybridized carbons (Fsp3) is 0.545. The Labute approximate surface area is 177 Å². The van der Waals surface area contributed by atoms with Gasteiger partial charge >= 0.3 is 23.9 Å². The van der Waals surface area contributed by atoms with Crippen LogP contribution in [-0.4, -0.2) is 47.3 Å². The van der Waals surface area contributed by atoms with E-state index in [-0.39, 0.29) is 30.8 Å². The van der Waals surface area contributed by atoms with Gasteiger partial charge < -0.3 is 19.7 Å². The molecule has 0 bridgehead atoms. The van der Waals surface area contributed by atoms with E-state index < -0.39 is 29.3 Å². The number of carbonyl (C=O) groups excluding carboxylic acids is 2. The first-order chi connectivity index (χ1) is 14.2. The SMILES string of the molecule is CCC(CC)(CCCC(=O)O)C(=O)O.CCOC(=O)c1ccccc1C(=O)OCC. The average Bonchev–Trinajstić information content (AvgIpc) is 2.72. The first kappa shape index (κ1) is 27.1. The zero-order valence-electron chi connectivity index (χ0n) is 18.1. The van der Waals surface area contributed by atoms with Crippen molar-refractivity contribution in [2.75, 3.05) is 13.2 Å². The highest BCUT2D eigenvalue weighted by Crippen LogP contribution is 2.32. The Morgan fingerprint density at radius 2 is 1.27 bits per heavy atom. The minimum atomic E-state index is -0.864. The summed E-state index contributed by atoms with van der Waals surface area (Å²) >= 11 is 0. The molecular formula is C22H32O8. The molecular weight excluding hydrogens is 392 g/mol. The molecule has 0 radical (unpaired) electrons. The number of rotatable bonds is 11. The van der Waals surface area contributed by atoms with Crippen LogP contribution in [0.1, 0.15) is 80.5 Å². The standard InChI is InChI=1S/C12H14O4.C10H18O4/c1-3-15-11(13)9-7-5-6-8-10(9)12(14)16-4-2;1-3-10(4-2,9(13)14)7-5-6-8(11)12/h5-8H,3-4H2,1-2H3;3-7H2,1-2H3,(H,11,12)(H,13,14). The molecule has 1 rings (SSSR count). The van der Waals surface area contributed by atoms with Gasteiger partial charge in [-0.1, -0.05) is 26.0 Å². The van der Waals surface area contributed by atoms with Gasteiger partial charge in [-0.2, -0.15) is 0 Å². The summed E-state index contributed by atoms with van der Waals surface area (Å²) in [7, 11) is 0. The number of hydrogen-bond acceptors (Lipinski definition) is 6. The number of aliphatic carboxylic acids is 2. The summed E-state index contributed by atoms with van der Waals surface area (Å²) in [6.07, 6.45) is 2.04. The second kappa shape index (κ2) is 14.1. The molecule has 0 amide bonds. The molecule has 8 nitrogen and oxygen atoms in total. The third-order valence-corrected chi connectivity index (χ3v) is 4.77. The molecule has 0 heterocycles. The van der Waals surface area contributed by atoms with Gasteiger partial charge in [0.25, 0.3) is 0 Å². The van der Waals surface area contributed by atoms with Crippen LogP contribution >= 0.6 is 0 Å². The lowest BCUT2D eigenvalue weighted by Gasteiger charge is -2.26. The molecule has 0 aromatic heterocycles. The van der Waals surface area contributed by atoms with E-state index in [0.29, 0.717) is 25.7 Å². The number of ether oxygens (including phenoxy) is 2. The van der Waals surface area contributed by atoms with Crippen molar-refractivity contribution in [3.05, 3.63) is 35.4 Å². The van der Waals surface area contributed by atoms with Gasteiger partial charge in [-0.3, -0.25) is 9.59 Å². The first-order valence-electron chi connectivity index (χ1n) is 10.1. The van der Waals surface area contributed by atoms with E-state index in [0.717, 1.165) is 0 Å². The fourth-order valence-corrected chi connectivity index (χ4v) is 2.85. The molecule has 0 saturated heterocycles. The Morgan fingerprint density at radius 1 is 0.833 bits per heavy atom. The minimum absolute atomic E-state index is 0.0506. The summed E-state index contributed by atoms with van der Waals surface area (Å²) in [6.45, 7) is 7.64. The number of benzene rings is 1. The molecule has 8 heteroatoms. The topological polar surface area (TPSA) is 127 Å². The molecule has 0 atom stereocenters. The number of carboxylic acid groups (broad SMARTS) is 2. The van der Waals surface area contributed by atoms with Crippen LogP contribution in [0.3, 0.4) is 0 Å². The maximum Gasteiger partial charge on any atom is 0.338 e. The highest BCUT2D eigenvalue weighted by atomic mass is 16.5. The van der Waals surface area contributed by atoms with Gasteiger partial charge in [-0.25, -0.2) is 9.59 Å². The number of esters is 2. The summed E-state index contributed by atoms with van der Waals surface area (Å²) in [5.74, 6) is -2.69. The van der Waals surface area contributed by atoms with E-state index in [1.54, 1.807) is 38.1 Å². The minimum Gasteiger partial charge on any atom is -0.481 e. The zero-order valence-corrected chi connectivity index (χ0v) is 18.1. The lowest BCUT2D eigenvalue weighted by molar-refractivity contribution is -0.150. The van der Waals surface area contributed by atoms with E-state index in [2.05, 4.69) is 0 Å². The largest absolute Gasteiger partial charge is 0.481 e. The van der Waals surface area contributed by atoms with Gasteiger partial charge in [-0.15, -0.1) is 0 Å². The van der Waals surface area contributed by atoms with Crippen molar-refractivity contribution >= 4 is 23.9 Å². The van der Waals surface area contributed by atoms with Crippen molar-refractivity contribution in [3.8, 4) is 0 Å². The van der Waals surface area contributed by atoms with Gasteiger partial charge in [0.05, 0.1) is 29.8 Å². The van der Waals surface area contributed by atoms with Gasteiger partial charge in [0.2, 0.25) is 0 Å². The average molecular weight is 424 g/mol. The second-order valence-electron chi connectivity index (χ2n) is 6.53. The molecule has 0 unspecified atom stereocenters. The Hall–Kier alpha value is -2.90. The molecule has 0 aliphatic carbocycles. The first-order valence-corrected chi connectivity index (χ1v) is 10.1. The monoisotopic (exact) mass is 424 g/mol. The van der Waals surface area contributed by atoms with Crippen molar-refractivity contribution in [2.24, 2.45) is 5.41 Å². The summed E-state index contributed by atoms with van der Waals surface area (Å²) in [5.41, 5.74) is -0.249. The Morgan fingerprint density at radius 3 is 1.57 bits per heavy atom. The lowest BCUT2D eigenvalue weighted by Crippen LogP contribution is -2.29. The van der Waals surface area contributed by atoms with Crippen molar-refractivity contribution in [3.63, 3.8) is 0 Å². The quantitative estimate of drug-likeness (QED) is 0.507. The van der Waals surface area contributed by atoms with Crippen molar-refractivity contribution in [1.82, 2.24) is 0 Å². The molecule has 0 aliphatic heterocycles. The number of carbonyl (C=O) groups is 4. The molecule has 0 fully saturated rings. The molecule has 168 valence electrons. The Kier molecular flexibility index (Phi) is 12.8. The van der Waals surface area contributed by atoms with Crippen LogP contribution in [0.15, 0.2) is 24.3 Å². The molecule has 2 N–H and O–H groups in total. The number of hydrogen-bond donors (Lipinski definition) is 2. The van der Waals surface area contributed by atoms with Gasteiger partial charge in [0.1, 0.15) is 0 Å². The summed E-state index contributed by atoms with van der Waals surface area (Å²) in [4.78, 5) is 44.4. The highest BCUT2D eigenvalue weighted by Gasteiger charge is 2.34. The highest BCUT2D eigenvalue weighted by molar-refractivity contribution is 6.03. The third kappa shape index (κ3) is 8.63. The normalized spacial score (nSPS) is 10.4. The van der Waals surface area contributed by atoms with Crippen LogP contribution in [0.25, 0.3) is 0 Å². The maximum atomic E-state index is 11.5. The van der Waals surface area contributed by atoms with E-state index >= 15 is 0 Å². The van der Waals surface area contributed by atoms with Crippen LogP contribution in [0.2, 0.25) is 0 Å². The lowest BCUT2D eigenvalue weighted by atomic mass is 9.78. The van der Waals surface area contributed by atoms with E-state index in [1.807, 2.05) is 13.8 Å². The van der Waals surface area contributed by atoms with E-state index in [9.17, 15) is 19.2 Å².